The third-order valence-electron chi connectivity index (χ3n) is 2.59. The van der Waals surface area contributed by atoms with Crippen LogP contribution < -0.4 is 5.32 Å². The summed E-state index contributed by atoms with van der Waals surface area (Å²) in [7, 11) is 1.60. The number of methoxy groups -OCH3 is 1. The zero-order chi connectivity index (χ0) is 14.5. The molecule has 2 rings (SSSR count). The number of nitrogens with zero attached hydrogens (tertiary/aromatic N) is 1. The summed E-state index contributed by atoms with van der Waals surface area (Å²) in [5.41, 5.74) is -0.0115. The number of ether oxygens (including phenoxy) is 1. The van der Waals surface area contributed by atoms with Crippen molar-refractivity contribution in [1.29, 1.82) is 0 Å². The van der Waals surface area contributed by atoms with Gasteiger partial charge in [-0.15, -0.1) is 0 Å². The summed E-state index contributed by atoms with van der Waals surface area (Å²) in [5, 5.41) is 2.76. The van der Waals surface area contributed by atoms with Gasteiger partial charge in [-0.2, -0.15) is 0 Å². The van der Waals surface area contributed by atoms with Crippen LogP contribution in [0.5, 0.6) is 0 Å². The highest BCUT2D eigenvalue weighted by atomic mass is 35.5. The minimum absolute atomic E-state index is 0.0115. The van der Waals surface area contributed by atoms with Crippen LogP contribution in [-0.2, 0) is 11.3 Å². The topological polar surface area (TPSA) is 47.3 Å². The molecule has 1 aromatic carbocycles. The molecule has 2 aromatic rings. The summed E-state index contributed by atoms with van der Waals surface area (Å²) in [4.78, 5) is 3.99. The molecule has 0 saturated heterocycles. The third kappa shape index (κ3) is 3.53. The van der Waals surface area contributed by atoms with Crippen molar-refractivity contribution in [2.45, 2.75) is 6.54 Å². The maximum atomic E-state index is 13.7. The van der Waals surface area contributed by atoms with E-state index in [0.29, 0.717) is 25.6 Å². The van der Waals surface area contributed by atoms with E-state index >= 15 is 0 Å². The van der Waals surface area contributed by atoms with Crippen LogP contribution in [0, 0.1) is 11.6 Å². The fourth-order valence-corrected chi connectivity index (χ4v) is 1.75. The van der Waals surface area contributed by atoms with Gasteiger partial charge in [-0.05, 0) is 12.1 Å². The molecule has 0 bridgehead atoms. The number of benzene rings is 1. The average molecular weight is 303 g/mol. The van der Waals surface area contributed by atoms with Gasteiger partial charge in [-0.1, -0.05) is 11.6 Å². The van der Waals surface area contributed by atoms with E-state index in [9.17, 15) is 8.78 Å². The molecule has 0 aliphatic rings. The summed E-state index contributed by atoms with van der Waals surface area (Å²) in [6.45, 7) is 1.57. The van der Waals surface area contributed by atoms with Gasteiger partial charge in [0.05, 0.1) is 29.9 Å². The van der Waals surface area contributed by atoms with Crippen LogP contribution in [-0.4, -0.2) is 25.2 Å². The first-order valence-electron chi connectivity index (χ1n) is 5.91. The average Bonchev–Trinajstić information content (AvgIpc) is 2.87. The van der Waals surface area contributed by atoms with E-state index in [1.807, 2.05) is 0 Å². The van der Waals surface area contributed by atoms with Gasteiger partial charge in [0, 0.05) is 13.7 Å². The normalized spacial score (nSPS) is 11.0. The van der Waals surface area contributed by atoms with Crippen LogP contribution >= 0.6 is 11.6 Å². The highest BCUT2D eigenvalue weighted by Crippen LogP contribution is 2.28. The number of aromatic nitrogens is 1. The van der Waals surface area contributed by atoms with Gasteiger partial charge in [-0.25, -0.2) is 13.8 Å². The smallest absolute Gasteiger partial charge is 0.208 e. The summed E-state index contributed by atoms with van der Waals surface area (Å²) >= 11 is 5.49. The van der Waals surface area contributed by atoms with Gasteiger partial charge in [0.15, 0.2) is 5.76 Å². The third-order valence-corrected chi connectivity index (χ3v) is 2.88. The molecule has 1 heterocycles. The number of hydrogen-bond donors (Lipinski definition) is 1. The zero-order valence-corrected chi connectivity index (χ0v) is 11.5. The number of hydrogen-bond acceptors (Lipinski definition) is 4. The number of oxazole rings is 1. The molecule has 0 unspecified atom stereocenters. The Kier molecular flexibility index (Phi) is 5.05. The van der Waals surface area contributed by atoms with Crippen molar-refractivity contribution in [1.82, 2.24) is 10.3 Å². The maximum absolute atomic E-state index is 13.7. The standard InChI is InChI=1S/C13H13ClF2N2O2/c1-19-3-2-17-7-13-18-6-12(20-13)8-4-11(16)9(14)5-10(8)15/h4-6,17H,2-3,7H2,1H3. The van der Waals surface area contributed by atoms with Gasteiger partial charge in [0.2, 0.25) is 5.89 Å². The van der Waals surface area contributed by atoms with Crippen molar-refractivity contribution in [3.05, 3.63) is 40.9 Å². The fraction of sp³-hybridized carbons (Fsp3) is 0.308. The molecule has 0 aliphatic carbocycles. The molecule has 0 spiro atoms. The Morgan fingerprint density at radius 3 is 2.90 bits per heavy atom. The Hall–Kier alpha value is -1.50. The molecule has 108 valence electrons. The second-order valence-electron chi connectivity index (χ2n) is 4.03. The summed E-state index contributed by atoms with van der Waals surface area (Å²) in [6, 6.07) is 1.89. The number of nitrogens with one attached hydrogen (secondary N) is 1. The van der Waals surface area contributed by atoms with Crippen LogP contribution in [0.15, 0.2) is 22.7 Å². The minimum Gasteiger partial charge on any atom is -0.439 e. The molecule has 1 aromatic heterocycles. The van der Waals surface area contributed by atoms with Crippen molar-refractivity contribution >= 4 is 11.6 Å². The second-order valence-corrected chi connectivity index (χ2v) is 4.44. The predicted octanol–water partition coefficient (Wildman–Crippen LogP) is 3.01. The lowest BCUT2D eigenvalue weighted by molar-refractivity contribution is 0.198. The van der Waals surface area contributed by atoms with Gasteiger partial charge < -0.3 is 14.5 Å². The van der Waals surface area contributed by atoms with Gasteiger partial charge in [-0.3, -0.25) is 0 Å². The van der Waals surface area contributed by atoms with Crippen molar-refractivity contribution in [3.8, 4) is 11.3 Å². The molecule has 20 heavy (non-hydrogen) atoms. The Morgan fingerprint density at radius 2 is 2.15 bits per heavy atom. The predicted molar refractivity (Wildman–Crippen MR) is 70.4 cm³/mol. The molecule has 0 amide bonds. The van der Waals surface area contributed by atoms with E-state index < -0.39 is 11.6 Å². The first kappa shape index (κ1) is 14.9. The van der Waals surface area contributed by atoms with E-state index in [0.717, 1.165) is 12.1 Å². The Balaban J connectivity index is 2.10. The Bertz CT molecular complexity index is 590. The number of halogens is 3. The largest absolute Gasteiger partial charge is 0.439 e. The lowest BCUT2D eigenvalue weighted by Crippen LogP contribution is -2.18. The summed E-state index contributed by atoms with van der Waals surface area (Å²) in [6.07, 6.45) is 1.35. The highest BCUT2D eigenvalue weighted by molar-refractivity contribution is 6.30. The van der Waals surface area contributed by atoms with Gasteiger partial charge in [0.1, 0.15) is 11.6 Å². The summed E-state index contributed by atoms with van der Waals surface area (Å²) in [5.74, 6) is -0.835. The molecule has 0 atom stereocenters. The van der Waals surface area contributed by atoms with Crippen LogP contribution in [0.3, 0.4) is 0 Å². The van der Waals surface area contributed by atoms with E-state index in [2.05, 4.69) is 10.3 Å². The van der Waals surface area contributed by atoms with Gasteiger partial charge >= 0.3 is 0 Å². The Labute approximate surface area is 119 Å². The SMILES string of the molecule is COCCNCc1ncc(-c2cc(F)c(Cl)cc2F)o1. The molecular formula is C13H13ClF2N2O2. The highest BCUT2D eigenvalue weighted by Gasteiger charge is 2.14. The first-order valence-corrected chi connectivity index (χ1v) is 6.29. The molecule has 0 fully saturated rings. The van der Waals surface area contributed by atoms with Gasteiger partial charge in [0.25, 0.3) is 0 Å². The van der Waals surface area contributed by atoms with Crippen LogP contribution in [0.25, 0.3) is 11.3 Å². The van der Waals surface area contributed by atoms with E-state index in [1.165, 1.54) is 6.20 Å². The second kappa shape index (κ2) is 6.78. The maximum Gasteiger partial charge on any atom is 0.208 e. The minimum atomic E-state index is -0.709. The quantitative estimate of drug-likeness (QED) is 0.658. The lowest BCUT2D eigenvalue weighted by Gasteiger charge is -2.02. The molecule has 7 heteroatoms. The molecule has 0 aliphatic heterocycles. The Morgan fingerprint density at radius 1 is 1.35 bits per heavy atom. The van der Waals surface area contributed by atoms with E-state index in [-0.39, 0.29) is 16.3 Å². The monoisotopic (exact) mass is 302 g/mol. The molecular weight excluding hydrogens is 290 g/mol. The zero-order valence-electron chi connectivity index (χ0n) is 10.8. The van der Waals surface area contributed by atoms with Crippen LogP contribution in [0.1, 0.15) is 5.89 Å². The number of rotatable bonds is 6. The molecule has 1 N–H and O–H groups in total. The van der Waals surface area contributed by atoms with Crippen molar-refractivity contribution in [2.24, 2.45) is 0 Å². The molecule has 0 radical (unpaired) electrons. The van der Waals surface area contributed by atoms with E-state index in [4.69, 9.17) is 20.8 Å². The van der Waals surface area contributed by atoms with Crippen molar-refractivity contribution in [2.75, 3.05) is 20.3 Å². The fourth-order valence-electron chi connectivity index (χ4n) is 1.60. The van der Waals surface area contributed by atoms with Crippen molar-refractivity contribution < 1.29 is 17.9 Å². The van der Waals surface area contributed by atoms with Crippen LogP contribution in [0.2, 0.25) is 5.02 Å². The summed E-state index contributed by atoms with van der Waals surface area (Å²) < 4.78 is 37.3. The van der Waals surface area contributed by atoms with E-state index in [1.54, 1.807) is 7.11 Å². The van der Waals surface area contributed by atoms with Crippen LogP contribution in [0.4, 0.5) is 8.78 Å². The van der Waals surface area contributed by atoms with Crippen molar-refractivity contribution in [3.63, 3.8) is 0 Å². The lowest BCUT2D eigenvalue weighted by atomic mass is 10.1. The first-order chi connectivity index (χ1) is 9.61. The molecule has 4 nitrogen and oxygen atoms in total. The molecule has 0 saturated carbocycles.